The molecule has 2 saturated carbocycles. The van der Waals surface area contributed by atoms with Gasteiger partial charge in [0, 0.05) is 33.9 Å². The van der Waals surface area contributed by atoms with E-state index in [1.807, 2.05) is 115 Å². The molecule has 1 N–H and O–H groups in total. The molecule has 0 bridgehead atoms. The minimum atomic E-state index is -1.53. The number of hydrogen-bond acceptors (Lipinski definition) is 3. The fraction of sp³-hybridized carbons (Fsp3) is 0.167. The molecule has 2 aliphatic carbocycles. The summed E-state index contributed by atoms with van der Waals surface area (Å²) < 4.78 is 39.4. The number of nitrogens with zero attached hydrogens (tertiary/aromatic N) is 3. The lowest BCUT2D eigenvalue weighted by Gasteiger charge is -2.19. The Balaban J connectivity index is 1.01. The topological polar surface area (TPSA) is 50.9 Å². The first-order valence-electron chi connectivity index (χ1n) is 29.1. The van der Waals surface area contributed by atoms with Crippen LogP contribution in [0, 0.1) is 11.8 Å². The maximum Gasteiger partial charge on any atom is 0.149 e. The number of hydrogen-bond donors (Lipinski definition) is 1. The molecule has 11 aromatic rings. The van der Waals surface area contributed by atoms with Gasteiger partial charge in [-0.15, -0.1) is 0 Å². The number of pyridine rings is 1. The lowest BCUT2D eigenvalue weighted by molar-refractivity contribution is 0.479. The van der Waals surface area contributed by atoms with Crippen molar-refractivity contribution in [1.29, 1.82) is 0 Å². The van der Waals surface area contributed by atoms with Crippen molar-refractivity contribution in [2.24, 2.45) is 11.8 Å². The van der Waals surface area contributed by atoms with E-state index in [-0.39, 0.29) is 17.6 Å². The molecule has 0 spiro atoms. The predicted molar refractivity (Wildman–Crippen MR) is 315 cm³/mol. The number of imidazole rings is 1. The molecule has 0 radical (unpaired) electrons. The molecule has 370 valence electrons. The molecule has 2 aromatic heterocycles. The average Bonchev–Trinajstić information content (AvgIpc) is 4.44. The quantitative estimate of drug-likeness (QED) is 0.125. The van der Waals surface area contributed by atoms with Crippen molar-refractivity contribution >= 4 is 11.0 Å². The second kappa shape index (κ2) is 21.0. The SMILES string of the molecule is [2H]C([2H])(c1ccc(-c2ccnc(-c3cc(-c4ccccc4)cc(-c4cccc5c4nc(-c4cccc(-c6ccccc6-c6ccccc6)c4O)n5-c4ccc(C([2H])([2H])C5CCCC5)cc4-c4ccccc4)c3)c2)cc1)C1CCCC1. The van der Waals surface area contributed by atoms with E-state index < -0.39 is 12.7 Å². The Morgan fingerprint density at radius 3 is 1.66 bits per heavy atom. The van der Waals surface area contributed by atoms with Crippen LogP contribution < -0.4 is 0 Å². The molecule has 4 heteroatoms. The van der Waals surface area contributed by atoms with E-state index >= 15 is 0 Å². The number of fused-ring (bicyclic) bond motifs is 1. The van der Waals surface area contributed by atoms with E-state index in [1.54, 1.807) is 0 Å². The summed E-state index contributed by atoms with van der Waals surface area (Å²) in [5, 5.41) is 12.9. The molecule has 4 nitrogen and oxygen atoms in total. The zero-order valence-electron chi connectivity index (χ0n) is 46.5. The van der Waals surface area contributed by atoms with Crippen LogP contribution in [-0.2, 0) is 12.7 Å². The summed E-state index contributed by atoms with van der Waals surface area (Å²) >= 11 is 0. The van der Waals surface area contributed by atoms with E-state index in [2.05, 4.69) is 120 Å². The van der Waals surface area contributed by atoms with Crippen LogP contribution in [0.1, 0.15) is 68.0 Å². The highest BCUT2D eigenvalue weighted by Crippen LogP contribution is 2.46. The zero-order chi connectivity index (χ0) is 54.4. The Morgan fingerprint density at radius 1 is 0.408 bits per heavy atom. The molecule has 0 atom stereocenters. The van der Waals surface area contributed by atoms with Crippen LogP contribution in [-0.4, -0.2) is 19.6 Å². The van der Waals surface area contributed by atoms with E-state index in [9.17, 15) is 7.85 Å². The van der Waals surface area contributed by atoms with Crippen LogP contribution in [0.4, 0.5) is 0 Å². The number of phenolic OH excluding ortho intramolecular Hbond substituents is 1. The van der Waals surface area contributed by atoms with Crippen molar-refractivity contribution in [3.63, 3.8) is 0 Å². The minimum Gasteiger partial charge on any atom is -0.507 e. The van der Waals surface area contributed by atoms with Gasteiger partial charge in [0.15, 0.2) is 0 Å². The fourth-order valence-corrected chi connectivity index (χ4v) is 11.8. The second-order valence-electron chi connectivity index (χ2n) is 20.6. The summed E-state index contributed by atoms with van der Waals surface area (Å²) in [5.74, 6) is 0.627. The summed E-state index contributed by atoms with van der Waals surface area (Å²) in [6.07, 6.45) is 6.79. The molecule has 0 unspecified atom stereocenters. The Hall–Kier alpha value is -8.60. The Morgan fingerprint density at radius 2 is 0.947 bits per heavy atom. The Kier molecular flexibility index (Phi) is 11.8. The van der Waals surface area contributed by atoms with Gasteiger partial charge >= 0.3 is 0 Å². The Labute approximate surface area is 452 Å². The van der Waals surface area contributed by atoms with Crippen LogP contribution in [0.25, 0.3) is 106 Å². The minimum absolute atomic E-state index is 0.0448. The van der Waals surface area contributed by atoms with E-state index in [0.717, 1.165) is 146 Å². The third-order valence-corrected chi connectivity index (χ3v) is 15.7. The Bertz CT molecular complexity index is 4030. The normalized spacial score (nSPS) is 15.1. The van der Waals surface area contributed by atoms with E-state index in [0.29, 0.717) is 22.5 Å². The van der Waals surface area contributed by atoms with Crippen LogP contribution in [0.5, 0.6) is 5.75 Å². The lowest BCUT2D eigenvalue weighted by Crippen LogP contribution is -2.04. The number of para-hydroxylation sites is 2. The summed E-state index contributed by atoms with van der Waals surface area (Å²) in [5.41, 5.74) is 17.4. The predicted octanol–water partition coefficient (Wildman–Crippen LogP) is 18.9. The van der Waals surface area contributed by atoms with Crippen LogP contribution in [0.2, 0.25) is 0 Å². The van der Waals surface area contributed by atoms with Gasteiger partial charge in [0.2, 0.25) is 0 Å². The number of benzene rings is 9. The number of aromatic hydroxyl groups is 1. The van der Waals surface area contributed by atoms with Gasteiger partial charge in [-0.1, -0.05) is 221 Å². The van der Waals surface area contributed by atoms with Crippen molar-refractivity contribution in [3.8, 4) is 101 Å². The molecular weight excluding hydrogens is 923 g/mol. The molecule has 9 aromatic carbocycles. The first-order valence-corrected chi connectivity index (χ1v) is 27.1. The molecule has 0 amide bonds. The maximum absolute atomic E-state index is 12.9. The van der Waals surface area contributed by atoms with Gasteiger partial charge in [0.1, 0.15) is 11.6 Å². The highest BCUT2D eigenvalue weighted by Gasteiger charge is 2.26. The highest BCUT2D eigenvalue weighted by molar-refractivity contribution is 5.99. The van der Waals surface area contributed by atoms with Gasteiger partial charge in [0.05, 0.1) is 28.0 Å². The van der Waals surface area contributed by atoms with Crippen molar-refractivity contribution in [2.75, 3.05) is 0 Å². The molecule has 2 heterocycles. The molecule has 0 saturated heterocycles. The third kappa shape index (κ3) is 9.45. The zero-order valence-corrected chi connectivity index (χ0v) is 42.5. The van der Waals surface area contributed by atoms with Gasteiger partial charge in [-0.2, -0.15) is 0 Å². The van der Waals surface area contributed by atoms with Gasteiger partial charge in [-0.05, 0) is 140 Å². The van der Waals surface area contributed by atoms with Gasteiger partial charge in [-0.25, -0.2) is 4.98 Å². The first-order chi connectivity index (χ1) is 39.1. The number of rotatable bonds is 13. The van der Waals surface area contributed by atoms with Crippen LogP contribution >= 0.6 is 0 Å². The molecular formula is C72H61N3O. The molecule has 0 aliphatic heterocycles. The summed E-state index contributed by atoms with van der Waals surface area (Å²) in [6, 6.07) is 76.1. The molecule has 2 fully saturated rings. The maximum atomic E-state index is 12.9. The first kappa shape index (κ1) is 42.7. The van der Waals surface area contributed by atoms with Crippen molar-refractivity contribution in [3.05, 3.63) is 242 Å². The van der Waals surface area contributed by atoms with Crippen molar-refractivity contribution < 1.29 is 10.6 Å². The van der Waals surface area contributed by atoms with Gasteiger partial charge < -0.3 is 5.11 Å². The monoisotopic (exact) mass is 988 g/mol. The molecule has 2 aliphatic rings. The summed E-state index contributed by atoms with van der Waals surface area (Å²) in [4.78, 5) is 10.7. The van der Waals surface area contributed by atoms with Crippen LogP contribution in [0.3, 0.4) is 0 Å². The fourth-order valence-electron chi connectivity index (χ4n) is 11.8. The second-order valence-corrected chi connectivity index (χ2v) is 20.6. The largest absolute Gasteiger partial charge is 0.507 e. The van der Waals surface area contributed by atoms with Gasteiger partial charge in [-0.3, -0.25) is 9.55 Å². The number of phenols is 1. The number of aromatic nitrogens is 3. The lowest BCUT2D eigenvalue weighted by atomic mass is 9.92. The van der Waals surface area contributed by atoms with E-state index in [4.69, 9.17) is 12.7 Å². The summed E-state index contributed by atoms with van der Waals surface area (Å²) in [6.45, 7) is 0. The smallest absolute Gasteiger partial charge is 0.149 e. The van der Waals surface area contributed by atoms with Crippen LogP contribution in [0.15, 0.2) is 231 Å². The third-order valence-electron chi connectivity index (χ3n) is 15.7. The van der Waals surface area contributed by atoms with Gasteiger partial charge in [0.25, 0.3) is 0 Å². The van der Waals surface area contributed by atoms with Crippen molar-refractivity contribution in [1.82, 2.24) is 14.5 Å². The average molecular weight is 988 g/mol. The molecule has 13 rings (SSSR count). The van der Waals surface area contributed by atoms with E-state index in [1.165, 1.54) is 0 Å². The molecule has 76 heavy (non-hydrogen) atoms. The summed E-state index contributed by atoms with van der Waals surface area (Å²) in [7, 11) is 0. The highest BCUT2D eigenvalue weighted by atomic mass is 16.3. The van der Waals surface area contributed by atoms with Crippen molar-refractivity contribution in [2.45, 2.75) is 64.1 Å². The standard InChI is InChI=1S/C72H61N3O/c76-71-64(63-29-15-14-28-61(63)55-24-6-2-7-25-55)31-16-32-65(71)72-74-70-62(30-17-33-69(70)75(72)68-39-36-52(43-50-20-12-13-21-50)44-66(68)56-26-8-3-9-27-56)59-45-58(53-22-4-1-5-23-53)46-60(47-59)67-48-57(40-41-73-67)54-37-34-51(35-38-54)42-49-18-10-11-19-49/h1-9,14-17,22-41,44-50,76H,10-13,18-21,42-43H2/i42D2,43D2.